The maximum atomic E-state index is 14.0. The molecule has 5 heteroatoms. The van der Waals surface area contributed by atoms with Crippen LogP contribution in [0.1, 0.15) is 79.6 Å². The molecule has 4 saturated carbocycles. The molecule has 1 N–H and O–H groups in total. The van der Waals surface area contributed by atoms with Gasteiger partial charge in [0.05, 0.1) is 18.6 Å². The third-order valence-electron chi connectivity index (χ3n) is 13.2. The lowest BCUT2D eigenvalue weighted by Gasteiger charge is -2.69. The molecule has 204 valence electrons. The lowest BCUT2D eigenvalue weighted by Crippen LogP contribution is -2.62. The number of aliphatic hydroxyl groups excluding tert-OH is 1. The van der Waals surface area contributed by atoms with Gasteiger partial charge in [0, 0.05) is 24.1 Å². The van der Waals surface area contributed by atoms with Crippen molar-refractivity contribution in [2.24, 2.45) is 38.9 Å². The summed E-state index contributed by atoms with van der Waals surface area (Å²) in [5.74, 6) is 1.07. The Morgan fingerprint density at radius 3 is 2.47 bits per heavy atom. The molecule has 1 heterocycles. The molecule has 0 aromatic heterocycles. The zero-order valence-electron chi connectivity index (χ0n) is 23.8. The first-order valence-electron chi connectivity index (χ1n) is 14.9. The lowest BCUT2D eigenvalue weighted by molar-refractivity contribution is -0.165. The van der Waals surface area contributed by atoms with Gasteiger partial charge in [-0.3, -0.25) is 9.59 Å². The van der Waals surface area contributed by atoms with E-state index in [-0.39, 0.29) is 38.6 Å². The second-order valence-corrected chi connectivity index (χ2v) is 14.7. The highest BCUT2D eigenvalue weighted by Crippen LogP contribution is 2.79. The van der Waals surface area contributed by atoms with Crippen LogP contribution in [0.5, 0.6) is 0 Å². The van der Waals surface area contributed by atoms with Crippen molar-refractivity contribution in [1.29, 1.82) is 0 Å². The number of ketones is 1. The third kappa shape index (κ3) is 2.87. The van der Waals surface area contributed by atoms with Crippen LogP contribution in [0.15, 0.2) is 46.3 Å². The highest BCUT2D eigenvalue weighted by Gasteiger charge is 2.73. The van der Waals surface area contributed by atoms with Crippen LogP contribution in [0.2, 0.25) is 0 Å². The fraction of sp³-hybridized carbons (Fsp3) is 0.697. The predicted molar refractivity (Wildman–Crippen MR) is 146 cm³/mol. The summed E-state index contributed by atoms with van der Waals surface area (Å²) in [5, 5.41) is 10.4. The quantitative estimate of drug-likeness (QED) is 0.458. The molecule has 1 aliphatic heterocycles. The van der Waals surface area contributed by atoms with Crippen LogP contribution in [-0.4, -0.2) is 48.0 Å². The van der Waals surface area contributed by atoms with Crippen molar-refractivity contribution in [3.05, 3.63) is 46.3 Å². The predicted octanol–water partition coefficient (Wildman–Crippen LogP) is 6.08. The van der Waals surface area contributed by atoms with Crippen LogP contribution in [-0.2, 0) is 14.3 Å². The van der Waals surface area contributed by atoms with Crippen molar-refractivity contribution in [3.63, 3.8) is 0 Å². The first-order valence-corrected chi connectivity index (χ1v) is 14.9. The van der Waals surface area contributed by atoms with Gasteiger partial charge in [-0.25, -0.2) is 0 Å². The second-order valence-electron chi connectivity index (χ2n) is 14.7. The number of carbonyl (C=O) groups is 2. The van der Waals surface area contributed by atoms with Crippen molar-refractivity contribution in [3.8, 4) is 0 Å². The molecule has 0 spiro atoms. The topological polar surface area (TPSA) is 66.8 Å². The molecule has 7 rings (SSSR count). The molecule has 0 bridgehead atoms. The molecule has 0 radical (unpaired) electrons. The smallest absolute Gasteiger partial charge is 0.229 e. The Morgan fingerprint density at radius 2 is 1.74 bits per heavy atom. The molecule has 38 heavy (non-hydrogen) atoms. The number of hydrogen-bond acceptors (Lipinski definition) is 4. The molecule has 1 amide bonds. The van der Waals surface area contributed by atoms with Gasteiger partial charge in [-0.1, -0.05) is 45.4 Å². The summed E-state index contributed by atoms with van der Waals surface area (Å²) >= 11 is 0. The summed E-state index contributed by atoms with van der Waals surface area (Å²) in [5.41, 5.74) is 4.29. The maximum absolute atomic E-state index is 14.0. The van der Waals surface area contributed by atoms with Gasteiger partial charge in [0.25, 0.3) is 0 Å². The van der Waals surface area contributed by atoms with Crippen LogP contribution < -0.4 is 0 Å². The summed E-state index contributed by atoms with van der Waals surface area (Å²) < 4.78 is 5.56. The Morgan fingerprint density at radius 1 is 1.00 bits per heavy atom. The molecule has 7 atom stereocenters. The number of allylic oxidation sites excluding steroid dienone is 7. The first-order chi connectivity index (χ1) is 17.9. The van der Waals surface area contributed by atoms with Crippen molar-refractivity contribution < 1.29 is 19.4 Å². The van der Waals surface area contributed by atoms with Crippen LogP contribution >= 0.6 is 0 Å². The number of fused-ring (bicyclic) bond motifs is 8. The van der Waals surface area contributed by atoms with E-state index < -0.39 is 0 Å². The number of morpholine rings is 1. The van der Waals surface area contributed by atoms with E-state index in [0.29, 0.717) is 36.5 Å². The monoisotopic (exact) mass is 517 g/mol. The molecule has 0 aromatic rings. The number of hydrogen-bond donors (Lipinski definition) is 1. The number of rotatable bonds is 1. The Kier molecular flexibility index (Phi) is 4.93. The van der Waals surface area contributed by atoms with Crippen molar-refractivity contribution in [2.75, 3.05) is 26.3 Å². The molecule has 0 aromatic carbocycles. The van der Waals surface area contributed by atoms with Gasteiger partial charge in [-0.05, 0) is 97.2 Å². The summed E-state index contributed by atoms with van der Waals surface area (Å²) in [7, 11) is 0. The molecule has 7 aliphatic rings. The average Bonchev–Trinajstić information content (AvgIpc) is 3.62. The van der Waals surface area contributed by atoms with Crippen molar-refractivity contribution >= 4 is 11.7 Å². The SMILES string of the molecule is CC1=C(O)C(=O)C=C2C1=CC=C1[C@@]2(C)CC[C@@]2(C)[C@@H]3C[C@@]4(C(=O)N5CCOCC5)CC4C[C@]3(C)CC[C@]12C. The normalized spacial score (nSPS) is 47.4. The molecule has 5 fully saturated rings. The van der Waals surface area contributed by atoms with Crippen LogP contribution in [0.3, 0.4) is 0 Å². The maximum Gasteiger partial charge on any atom is 0.229 e. The van der Waals surface area contributed by atoms with Gasteiger partial charge in [-0.15, -0.1) is 0 Å². The molecular formula is C33H43NO4. The summed E-state index contributed by atoms with van der Waals surface area (Å²) in [6.45, 7) is 14.6. The standard InChI is InChI=1S/C33H43NO4/c1-20-22-6-7-25-30(3,23(22)16-24(35)27(20)36)9-11-32(5)26-19-33(28(37)34-12-14-38-15-13-34)18-21(33)17-29(26,2)8-10-31(25,32)4/h6-7,16,21,26,36H,8-15,17-19H2,1-5H3/t21?,26-,29+,30+,31-,32+,33+/m1/s1. The van der Waals surface area contributed by atoms with Gasteiger partial charge in [0.1, 0.15) is 0 Å². The van der Waals surface area contributed by atoms with Gasteiger partial charge in [0.2, 0.25) is 11.7 Å². The number of nitrogens with zero attached hydrogens (tertiary/aromatic N) is 1. The molecule has 1 unspecified atom stereocenters. The molecule has 1 saturated heterocycles. The van der Waals surface area contributed by atoms with Crippen molar-refractivity contribution in [1.82, 2.24) is 4.90 Å². The van der Waals surface area contributed by atoms with Gasteiger partial charge >= 0.3 is 0 Å². The fourth-order valence-electron chi connectivity index (χ4n) is 10.5. The largest absolute Gasteiger partial charge is 0.504 e. The zero-order valence-corrected chi connectivity index (χ0v) is 23.8. The number of aliphatic hydroxyl groups is 1. The van der Waals surface area contributed by atoms with Crippen LogP contribution in [0.4, 0.5) is 0 Å². The van der Waals surface area contributed by atoms with Gasteiger partial charge in [0.15, 0.2) is 5.76 Å². The Balaban J connectivity index is 1.28. The fourth-order valence-corrected chi connectivity index (χ4v) is 10.5. The van der Waals surface area contributed by atoms with E-state index >= 15 is 0 Å². The Bertz CT molecular complexity index is 1280. The zero-order chi connectivity index (χ0) is 26.9. The average molecular weight is 518 g/mol. The summed E-state index contributed by atoms with van der Waals surface area (Å²) in [4.78, 5) is 28.8. The van der Waals surface area contributed by atoms with E-state index in [4.69, 9.17) is 4.74 Å². The van der Waals surface area contributed by atoms with Gasteiger partial charge in [-0.2, -0.15) is 0 Å². The van der Waals surface area contributed by atoms with E-state index in [9.17, 15) is 14.7 Å². The molecule has 6 aliphatic carbocycles. The second kappa shape index (κ2) is 7.53. The highest BCUT2D eigenvalue weighted by atomic mass is 16.5. The summed E-state index contributed by atoms with van der Waals surface area (Å²) in [6.07, 6.45) is 13.9. The Hall–Kier alpha value is -2.14. The Labute approximate surface area is 227 Å². The van der Waals surface area contributed by atoms with Crippen LogP contribution in [0.25, 0.3) is 0 Å². The summed E-state index contributed by atoms with van der Waals surface area (Å²) in [6, 6.07) is 0. The number of ether oxygens (including phenoxy) is 1. The third-order valence-corrected chi connectivity index (χ3v) is 13.2. The van der Waals surface area contributed by atoms with E-state index in [0.717, 1.165) is 56.3 Å². The van der Waals surface area contributed by atoms with E-state index in [1.807, 2.05) is 6.92 Å². The number of carbonyl (C=O) groups excluding carboxylic acids is 2. The van der Waals surface area contributed by atoms with Crippen LogP contribution in [0, 0.1) is 38.9 Å². The molecular weight excluding hydrogens is 474 g/mol. The van der Waals surface area contributed by atoms with E-state index in [2.05, 4.69) is 44.7 Å². The minimum atomic E-state index is -0.262. The van der Waals surface area contributed by atoms with E-state index in [1.54, 1.807) is 6.08 Å². The van der Waals surface area contributed by atoms with Gasteiger partial charge < -0.3 is 14.7 Å². The highest BCUT2D eigenvalue weighted by molar-refractivity contribution is 6.06. The minimum absolute atomic E-state index is 0.00185. The van der Waals surface area contributed by atoms with Crippen molar-refractivity contribution in [2.45, 2.75) is 79.6 Å². The number of amides is 1. The minimum Gasteiger partial charge on any atom is -0.504 e. The lowest BCUT2D eigenvalue weighted by atomic mass is 9.35. The first kappa shape index (κ1) is 24.9. The molecule has 5 nitrogen and oxygen atoms in total. The van der Waals surface area contributed by atoms with E-state index in [1.165, 1.54) is 18.4 Å².